The van der Waals surface area contributed by atoms with Crippen LogP contribution in [-0.4, -0.2) is 52.9 Å². The van der Waals surface area contributed by atoms with Crippen molar-refractivity contribution in [2.75, 3.05) is 26.2 Å². The summed E-state index contributed by atoms with van der Waals surface area (Å²) in [6, 6.07) is 6.59. The van der Waals surface area contributed by atoms with E-state index in [2.05, 4.69) is 33.8 Å². The van der Waals surface area contributed by atoms with Crippen LogP contribution in [0.5, 0.6) is 5.75 Å². The Hall–Kier alpha value is -2.30. The van der Waals surface area contributed by atoms with Gasteiger partial charge in [0.15, 0.2) is 0 Å². The second kappa shape index (κ2) is 6.78. The molecule has 1 aromatic carbocycles. The molecule has 3 rings (SSSR count). The first-order valence-electron chi connectivity index (χ1n) is 9.24. The van der Waals surface area contributed by atoms with Gasteiger partial charge in [0.2, 0.25) is 5.91 Å². The van der Waals surface area contributed by atoms with E-state index in [1.165, 1.54) is 11.6 Å². The number of aromatic hydroxyl groups is 1. The lowest BCUT2D eigenvalue weighted by molar-refractivity contribution is -0.135. The van der Waals surface area contributed by atoms with Crippen LogP contribution in [-0.2, 0) is 4.79 Å². The number of hydrogen-bond acceptors (Lipinski definition) is 3. The number of allylic oxidation sites excluding steroid dienone is 2. The van der Waals surface area contributed by atoms with E-state index in [1.807, 2.05) is 4.90 Å². The summed E-state index contributed by atoms with van der Waals surface area (Å²) >= 11 is 0. The number of hydrogen-bond donors (Lipinski definition) is 1. The molecule has 140 valence electrons. The van der Waals surface area contributed by atoms with E-state index < -0.39 is 0 Å². The van der Waals surface area contributed by atoms with Gasteiger partial charge < -0.3 is 14.9 Å². The summed E-state index contributed by atoms with van der Waals surface area (Å²) in [5.74, 6) is 0.371. The molecule has 1 aliphatic carbocycles. The monoisotopic (exact) mass is 356 g/mol. The smallest absolute Gasteiger partial charge is 0.257 e. The van der Waals surface area contributed by atoms with Gasteiger partial charge in [0.1, 0.15) is 5.75 Å². The molecule has 5 heteroatoms. The Kier molecular flexibility index (Phi) is 4.82. The first-order valence-corrected chi connectivity index (χ1v) is 9.24. The van der Waals surface area contributed by atoms with Crippen LogP contribution in [0.1, 0.15) is 38.1 Å². The highest BCUT2D eigenvalue weighted by Gasteiger charge is 2.61. The van der Waals surface area contributed by atoms with Crippen molar-refractivity contribution in [3.63, 3.8) is 0 Å². The molecule has 2 fully saturated rings. The second-order valence-corrected chi connectivity index (χ2v) is 8.20. The first kappa shape index (κ1) is 18.5. The molecular formula is C21H28N2O3. The van der Waals surface area contributed by atoms with Crippen LogP contribution >= 0.6 is 0 Å². The normalized spacial score (nSPS) is 24.2. The Labute approximate surface area is 155 Å². The molecule has 2 amide bonds. The topological polar surface area (TPSA) is 60.9 Å². The summed E-state index contributed by atoms with van der Waals surface area (Å²) < 4.78 is 0. The minimum Gasteiger partial charge on any atom is -0.507 e. The number of carbonyl (C=O) groups excluding carboxylic acids is 2. The lowest BCUT2D eigenvalue weighted by Gasteiger charge is -2.35. The van der Waals surface area contributed by atoms with Crippen molar-refractivity contribution in [2.24, 2.45) is 17.3 Å². The zero-order valence-electron chi connectivity index (χ0n) is 16.0. The fourth-order valence-corrected chi connectivity index (χ4v) is 3.97. The SMILES string of the molecule is CC(C)=CC1C(C(=O)N2CCN(C(=O)c3ccccc3O)CC2)C1(C)C. The van der Waals surface area contributed by atoms with Crippen molar-refractivity contribution < 1.29 is 14.7 Å². The molecule has 1 saturated heterocycles. The zero-order chi connectivity index (χ0) is 19.1. The number of benzene rings is 1. The van der Waals surface area contributed by atoms with Gasteiger partial charge in [-0.3, -0.25) is 9.59 Å². The van der Waals surface area contributed by atoms with Crippen molar-refractivity contribution >= 4 is 11.8 Å². The molecule has 1 aromatic rings. The van der Waals surface area contributed by atoms with Crippen LogP contribution in [0.25, 0.3) is 0 Å². The van der Waals surface area contributed by atoms with E-state index in [1.54, 1.807) is 23.1 Å². The van der Waals surface area contributed by atoms with Gasteiger partial charge in [0.25, 0.3) is 5.91 Å². The van der Waals surface area contributed by atoms with Crippen molar-refractivity contribution in [1.82, 2.24) is 9.80 Å². The van der Waals surface area contributed by atoms with E-state index >= 15 is 0 Å². The van der Waals surface area contributed by atoms with Crippen LogP contribution < -0.4 is 0 Å². The number of carbonyl (C=O) groups is 2. The molecule has 2 unspecified atom stereocenters. The predicted molar refractivity (Wildman–Crippen MR) is 101 cm³/mol. The second-order valence-electron chi connectivity index (χ2n) is 8.20. The summed E-state index contributed by atoms with van der Waals surface area (Å²) in [5, 5.41) is 9.87. The fourth-order valence-electron chi connectivity index (χ4n) is 3.97. The van der Waals surface area contributed by atoms with Gasteiger partial charge in [-0.2, -0.15) is 0 Å². The molecule has 0 aromatic heterocycles. The maximum atomic E-state index is 12.9. The maximum Gasteiger partial charge on any atom is 0.257 e. The molecule has 0 bridgehead atoms. The Morgan fingerprint density at radius 2 is 1.65 bits per heavy atom. The van der Waals surface area contributed by atoms with Crippen molar-refractivity contribution in [1.29, 1.82) is 0 Å². The Morgan fingerprint density at radius 1 is 1.08 bits per heavy atom. The summed E-state index contributed by atoms with van der Waals surface area (Å²) in [6.07, 6.45) is 2.21. The number of piperazine rings is 1. The number of phenols is 1. The number of nitrogens with zero attached hydrogens (tertiary/aromatic N) is 2. The summed E-state index contributed by atoms with van der Waals surface area (Å²) in [4.78, 5) is 29.1. The third kappa shape index (κ3) is 3.35. The van der Waals surface area contributed by atoms with Crippen LogP contribution in [0, 0.1) is 17.3 Å². The van der Waals surface area contributed by atoms with Gasteiger partial charge in [-0.25, -0.2) is 0 Å². The summed E-state index contributed by atoms with van der Waals surface area (Å²) in [5.41, 5.74) is 1.58. The number of para-hydroxylation sites is 1. The zero-order valence-corrected chi connectivity index (χ0v) is 16.0. The molecule has 2 atom stereocenters. The maximum absolute atomic E-state index is 12.9. The van der Waals surface area contributed by atoms with E-state index in [4.69, 9.17) is 0 Å². The summed E-state index contributed by atoms with van der Waals surface area (Å²) in [6.45, 7) is 10.5. The van der Waals surface area contributed by atoms with Gasteiger partial charge in [-0.15, -0.1) is 0 Å². The van der Waals surface area contributed by atoms with Crippen molar-refractivity contribution in [3.8, 4) is 5.75 Å². The molecule has 0 radical (unpaired) electrons. The van der Waals surface area contributed by atoms with Crippen LogP contribution in [0.2, 0.25) is 0 Å². The largest absolute Gasteiger partial charge is 0.507 e. The van der Waals surface area contributed by atoms with Crippen molar-refractivity contribution in [2.45, 2.75) is 27.7 Å². The minimum atomic E-state index is -0.177. The quantitative estimate of drug-likeness (QED) is 0.847. The molecular weight excluding hydrogens is 328 g/mol. The van der Waals surface area contributed by atoms with E-state index in [9.17, 15) is 14.7 Å². The Morgan fingerprint density at radius 3 is 2.23 bits per heavy atom. The van der Waals surface area contributed by atoms with E-state index in [0.717, 1.165) is 0 Å². The predicted octanol–water partition coefficient (Wildman–Crippen LogP) is 2.92. The number of phenolic OH excluding ortho intramolecular Hbond substituents is 1. The Bertz CT molecular complexity index is 741. The van der Waals surface area contributed by atoms with Gasteiger partial charge in [-0.1, -0.05) is 37.6 Å². The minimum absolute atomic E-state index is 0.000278. The average molecular weight is 356 g/mol. The lowest BCUT2D eigenvalue weighted by Crippen LogP contribution is -2.51. The van der Waals surface area contributed by atoms with Crippen LogP contribution in [0.3, 0.4) is 0 Å². The molecule has 5 nitrogen and oxygen atoms in total. The van der Waals surface area contributed by atoms with Gasteiger partial charge in [0.05, 0.1) is 11.5 Å². The van der Waals surface area contributed by atoms with Gasteiger partial charge in [-0.05, 0) is 37.3 Å². The van der Waals surface area contributed by atoms with E-state index in [0.29, 0.717) is 37.7 Å². The third-order valence-electron chi connectivity index (χ3n) is 5.70. The standard InChI is InChI=1S/C21H28N2O3/c1-14(2)13-16-18(21(16,3)4)20(26)23-11-9-22(10-12-23)19(25)15-7-5-6-8-17(15)24/h5-8,13,16,18,24H,9-12H2,1-4H3. The first-order chi connectivity index (χ1) is 12.2. The molecule has 1 saturated carbocycles. The average Bonchev–Trinajstić information content (AvgIpc) is 3.13. The van der Waals surface area contributed by atoms with Crippen molar-refractivity contribution in [3.05, 3.63) is 41.5 Å². The fraction of sp³-hybridized carbons (Fsp3) is 0.524. The van der Waals surface area contributed by atoms with E-state index in [-0.39, 0.29) is 28.9 Å². The highest BCUT2D eigenvalue weighted by Crippen LogP contribution is 2.60. The number of rotatable bonds is 3. The molecule has 0 spiro atoms. The third-order valence-corrected chi connectivity index (χ3v) is 5.70. The molecule has 1 aliphatic heterocycles. The highest BCUT2D eigenvalue weighted by atomic mass is 16.3. The molecule has 1 heterocycles. The summed E-state index contributed by atoms with van der Waals surface area (Å²) in [7, 11) is 0. The lowest BCUT2D eigenvalue weighted by atomic mass is 10.1. The van der Waals surface area contributed by atoms with Crippen LogP contribution in [0.4, 0.5) is 0 Å². The molecule has 26 heavy (non-hydrogen) atoms. The van der Waals surface area contributed by atoms with Crippen LogP contribution in [0.15, 0.2) is 35.9 Å². The molecule has 2 aliphatic rings. The van der Waals surface area contributed by atoms with Gasteiger partial charge >= 0.3 is 0 Å². The highest BCUT2D eigenvalue weighted by molar-refractivity contribution is 5.97. The Balaban J connectivity index is 1.61. The molecule has 1 N–H and O–H groups in total. The number of amides is 2. The van der Waals surface area contributed by atoms with Gasteiger partial charge in [0, 0.05) is 26.2 Å².